The van der Waals surface area contributed by atoms with Crippen LogP contribution in [-0.2, 0) is 32.1 Å². The largest absolute Gasteiger partial charge is 0.456 e. The molecule has 25 nitrogen and oxygen atoms in total. The minimum atomic E-state index is -0.567. The number of pyridine rings is 2. The third-order valence-corrected chi connectivity index (χ3v) is 18.7. The van der Waals surface area contributed by atoms with Crippen molar-refractivity contribution in [2.75, 3.05) is 0 Å². The van der Waals surface area contributed by atoms with Crippen LogP contribution in [0.4, 0.5) is 8.78 Å². The lowest BCUT2D eigenvalue weighted by Gasteiger charge is -2.08. The molecule has 0 spiro atoms. The third-order valence-electron chi connectivity index (χ3n) is 15.6. The van der Waals surface area contributed by atoms with Gasteiger partial charge in [-0.15, -0.1) is 34.0 Å². The van der Waals surface area contributed by atoms with Gasteiger partial charge in [-0.2, -0.15) is 0 Å². The average Bonchev–Trinajstić information content (AvgIpc) is 1.43. The van der Waals surface area contributed by atoms with E-state index in [1.165, 1.54) is 145 Å². The van der Waals surface area contributed by atoms with Crippen molar-refractivity contribution in [2.45, 2.75) is 66.7 Å². The van der Waals surface area contributed by atoms with Crippen LogP contribution in [0, 0.1) is 46.3 Å². The normalized spacial score (nSPS) is 10.5. The number of carbonyl (C=O) groups is 5. The molecule has 0 aliphatic rings. The Morgan fingerprint density at radius 2 is 0.741 bits per heavy atom. The van der Waals surface area contributed by atoms with Crippen LogP contribution in [0.15, 0.2) is 243 Å². The van der Waals surface area contributed by atoms with Crippen LogP contribution < -0.4 is 23.7 Å². The van der Waals surface area contributed by atoms with Crippen molar-refractivity contribution in [1.82, 2.24) is 74.8 Å². The summed E-state index contributed by atoms with van der Waals surface area (Å²) in [6.45, 7) is 9.59. The minimum Gasteiger partial charge on any atom is -0.456 e. The van der Waals surface area contributed by atoms with Crippen molar-refractivity contribution in [2.24, 2.45) is 0 Å². The van der Waals surface area contributed by atoms with Gasteiger partial charge in [0.2, 0.25) is 0 Å². The molecule has 0 saturated heterocycles. The minimum absolute atomic E-state index is 0.0177. The van der Waals surface area contributed by atoms with Crippen molar-refractivity contribution in [3.63, 3.8) is 0 Å². The predicted molar refractivity (Wildman–Crippen MR) is 431 cm³/mol. The number of aryl methyl sites for hydroxylation is 5. The van der Waals surface area contributed by atoms with Crippen LogP contribution >= 0.6 is 57.2 Å². The van der Waals surface area contributed by atoms with Gasteiger partial charge < -0.3 is 23.7 Å². The molecule has 0 saturated carbocycles. The van der Waals surface area contributed by atoms with Crippen molar-refractivity contribution in [1.29, 1.82) is 0 Å². The van der Waals surface area contributed by atoms with Crippen molar-refractivity contribution in [3.8, 4) is 57.5 Å². The van der Waals surface area contributed by atoms with Gasteiger partial charge in [-0.3, -0.25) is 43.9 Å². The van der Waals surface area contributed by atoms with E-state index in [9.17, 15) is 32.8 Å². The summed E-state index contributed by atoms with van der Waals surface area (Å²) < 4.78 is 55.4. The summed E-state index contributed by atoms with van der Waals surface area (Å²) in [6.07, 6.45) is 28.4. The first-order valence-corrected chi connectivity index (χ1v) is 38.2. The molecular formula is C84H65Cl2F2N15O10S3. The van der Waals surface area contributed by atoms with Crippen LogP contribution in [0.25, 0.3) is 0 Å². The van der Waals surface area contributed by atoms with E-state index < -0.39 is 11.6 Å². The molecule has 582 valence electrons. The summed E-state index contributed by atoms with van der Waals surface area (Å²) in [7, 11) is 0. The van der Waals surface area contributed by atoms with E-state index >= 15 is 0 Å². The number of ether oxygens (including phenoxy) is 5. The highest BCUT2D eigenvalue weighted by Crippen LogP contribution is 2.31. The Kier molecular flexibility index (Phi) is 30.1. The highest BCUT2D eigenvalue weighted by molar-refractivity contribution is 7.10. The van der Waals surface area contributed by atoms with Crippen LogP contribution in [0.5, 0.6) is 57.5 Å². The van der Waals surface area contributed by atoms with E-state index in [0.29, 0.717) is 95.5 Å². The SMILES string of the molecule is Cc1cnc(CC(=O)c2cc(Cl)cc(Oc3cncnc3)c2)cc1C.Cc1cncc(CC(=O)c2cc(F)cc(Oc3cncnc3)c2)n1.Cc1csc(CC(=O)c2cc(Cl)cc(Oc3cncnc3)c2)n1.Cc1csc(CC(=O)c2cccc(Oc3cncnc3)c2)n1.O=C(Cc1nccs1)c1cc(F)cc(Oc2cccnc2)c1. The first kappa shape index (κ1) is 83.4. The molecule has 10 heterocycles. The molecule has 0 radical (unpaired) electrons. The van der Waals surface area contributed by atoms with Crippen LogP contribution in [0.3, 0.4) is 0 Å². The van der Waals surface area contributed by atoms with Gasteiger partial charge in [0.1, 0.15) is 86.5 Å². The summed E-state index contributed by atoms with van der Waals surface area (Å²) in [5, 5.41) is 8.82. The maximum Gasteiger partial charge on any atom is 0.169 e. The number of hydrogen-bond acceptors (Lipinski definition) is 28. The average molecular weight is 1650 g/mol. The maximum absolute atomic E-state index is 13.8. The summed E-state index contributed by atoms with van der Waals surface area (Å²) in [5.74, 6) is 2.58. The van der Waals surface area contributed by atoms with Gasteiger partial charge in [0, 0.05) is 114 Å². The molecule has 15 aromatic rings. The fourth-order valence-corrected chi connectivity index (χ4v) is 12.8. The van der Waals surface area contributed by atoms with E-state index in [1.54, 1.807) is 122 Å². The summed E-state index contributed by atoms with van der Waals surface area (Å²) in [6, 6.07) is 30.0. The molecule has 0 fully saturated rings. The number of thiazole rings is 3. The van der Waals surface area contributed by atoms with Crippen molar-refractivity contribution >= 4 is 86.1 Å². The summed E-state index contributed by atoms with van der Waals surface area (Å²) >= 11 is 16.6. The summed E-state index contributed by atoms with van der Waals surface area (Å²) in [5.41, 5.74) is 8.04. The van der Waals surface area contributed by atoms with Gasteiger partial charge in [-0.1, -0.05) is 35.3 Å². The van der Waals surface area contributed by atoms with Gasteiger partial charge in [0.05, 0.1) is 99.3 Å². The molecule has 10 aromatic heterocycles. The zero-order chi connectivity index (χ0) is 81.7. The zero-order valence-electron chi connectivity index (χ0n) is 62.2. The zero-order valence-corrected chi connectivity index (χ0v) is 66.1. The second-order valence-electron chi connectivity index (χ2n) is 24.8. The van der Waals surface area contributed by atoms with E-state index in [4.69, 9.17) is 46.9 Å². The van der Waals surface area contributed by atoms with Crippen LogP contribution in [0.2, 0.25) is 10.0 Å². The second kappa shape index (κ2) is 41.8. The van der Waals surface area contributed by atoms with E-state index in [2.05, 4.69) is 74.8 Å². The van der Waals surface area contributed by atoms with Gasteiger partial charge in [-0.05, 0) is 137 Å². The van der Waals surface area contributed by atoms with E-state index in [0.717, 1.165) is 38.2 Å². The Morgan fingerprint density at radius 1 is 0.328 bits per heavy atom. The van der Waals surface area contributed by atoms with Crippen molar-refractivity contribution in [3.05, 3.63) is 348 Å². The van der Waals surface area contributed by atoms with Gasteiger partial charge in [0.25, 0.3) is 0 Å². The summed E-state index contributed by atoms with van der Waals surface area (Å²) in [4.78, 5) is 122. The molecule has 0 N–H and O–H groups in total. The number of benzene rings is 5. The number of aromatic nitrogens is 15. The maximum atomic E-state index is 13.8. The Hall–Kier alpha value is -13.5. The number of rotatable bonds is 25. The molecule has 0 amide bonds. The number of ketones is 5. The highest BCUT2D eigenvalue weighted by Gasteiger charge is 2.19. The molecule has 0 bridgehead atoms. The van der Waals surface area contributed by atoms with E-state index in [-0.39, 0.29) is 77.2 Å². The highest BCUT2D eigenvalue weighted by atomic mass is 35.5. The fraction of sp³-hybridized carbons (Fsp3) is 0.119. The lowest BCUT2D eigenvalue weighted by molar-refractivity contribution is 0.0983. The predicted octanol–water partition coefficient (Wildman–Crippen LogP) is 18.8. The fourth-order valence-electron chi connectivity index (χ4n) is 10.2. The molecule has 5 aromatic carbocycles. The Balaban J connectivity index is 0.000000143. The smallest absolute Gasteiger partial charge is 0.169 e. The number of carbonyl (C=O) groups excluding carboxylic acids is 5. The van der Waals surface area contributed by atoms with Crippen molar-refractivity contribution < 1.29 is 56.4 Å². The van der Waals surface area contributed by atoms with Crippen LogP contribution in [-0.4, -0.2) is 104 Å². The number of hydrogen-bond donors (Lipinski definition) is 0. The number of nitrogens with zero attached hydrogens (tertiary/aromatic N) is 15. The molecule has 116 heavy (non-hydrogen) atoms. The Bertz CT molecular complexity index is 5840. The lowest BCUT2D eigenvalue weighted by Crippen LogP contribution is -2.07. The molecule has 0 unspecified atom stereocenters. The third kappa shape index (κ3) is 26.8. The van der Waals surface area contributed by atoms with E-state index in [1.807, 2.05) is 44.5 Å². The monoisotopic (exact) mass is 1650 g/mol. The van der Waals surface area contributed by atoms with Crippen LogP contribution in [0.1, 0.15) is 106 Å². The molecule has 32 heteroatoms. The number of Topliss-reactive ketones (excluding diaryl/α,β-unsaturated/α-hetero) is 5. The Labute approximate surface area is 684 Å². The standard InChI is InChI=1S/C19H16ClN3O2.C17H13FN4O2.C16H12ClN3O2S.C16H11FN2O2S.C16H13N3O2S/c1-12-3-16(23-8-13(12)2)7-19(24)14-4-15(20)6-17(5-14)25-18-9-21-11-22-10-18;1-11-6-19-7-14(22-11)5-17(23)12-2-13(18)4-15(3-12)24-16-8-20-10-21-9-16;1-10-8-23-16(20-10)5-15(21)11-2-12(17)4-13(3-11)22-14-6-18-9-19-7-14;17-12-6-11(15(20)9-16-19-4-5-22-16)7-14(8-12)21-13-2-1-3-18-10-13;1-11-9-22-16(19-11)6-15(20)12-3-2-4-13(5-12)21-14-7-17-10-18-8-14/h3-6,8-11H,7H2,1-2H3;2-4,6-10H,5H2,1H3;2-4,6-9H,5H2,1H3;1-8,10H,9H2;2-5,7-10H,6H2,1H3. The second-order valence-corrected chi connectivity index (χ2v) is 28.6. The molecule has 0 atom stereocenters. The molecule has 0 aliphatic carbocycles. The Morgan fingerprint density at radius 3 is 1.18 bits per heavy atom. The first-order valence-electron chi connectivity index (χ1n) is 34.8. The van der Waals surface area contributed by atoms with Gasteiger partial charge in [-0.25, -0.2) is 63.6 Å². The molecule has 0 aliphatic heterocycles. The van der Waals surface area contributed by atoms with Gasteiger partial charge >= 0.3 is 0 Å². The molecular weight excluding hydrogens is 1580 g/mol. The quantitative estimate of drug-likeness (QED) is 0.0480. The first-order chi connectivity index (χ1) is 56.1. The topological polar surface area (TPSA) is 325 Å². The van der Waals surface area contributed by atoms with Gasteiger partial charge in [0.15, 0.2) is 51.9 Å². The number of halogens is 4. The molecule has 15 rings (SSSR count). The lowest BCUT2D eigenvalue weighted by atomic mass is 10.0.